The molecule has 1 unspecified atom stereocenters. The van der Waals surface area contributed by atoms with Gasteiger partial charge in [-0.25, -0.2) is 16.8 Å². The Bertz CT molecular complexity index is 1910. The zero-order chi connectivity index (χ0) is 47.5. The molecule has 0 saturated carbocycles. The number of hydrogen-bond acceptors (Lipinski definition) is 26. The van der Waals surface area contributed by atoms with E-state index >= 15 is 0 Å². The number of rotatable bonds is 24. The second-order valence-electron chi connectivity index (χ2n) is 14.8. The maximum absolute atomic E-state index is 12.5. The number of amides is 2. The Kier molecular flexibility index (Phi) is 20.6. The SMILES string of the molecule is CC(=O)N[C@H]1[C@@H](OC[C@@H](O)[C@@H](O)[C@H](O)[C@@H](O)CNc2cccc(NC(=O)CCCCC3CCSS3)c2)O[C@H](COS(=O)(=O)[O-])[C@H](O)[C@@H]1O[C@@H]1O[C@H](C(=O)[O-])[C@@H](O)[C@H](OS(=O)(=O)[O-])[C@H]1O. The summed E-state index contributed by atoms with van der Waals surface area (Å²) in [7, 11) is -7.53. The molecule has 3 fully saturated rings. The van der Waals surface area contributed by atoms with E-state index in [1.807, 2.05) is 21.6 Å². The van der Waals surface area contributed by atoms with E-state index in [1.165, 1.54) is 0 Å². The molecule has 0 bridgehead atoms. The third-order valence-corrected chi connectivity index (χ3v) is 13.7. The van der Waals surface area contributed by atoms with Crippen LogP contribution in [0.15, 0.2) is 24.3 Å². The molecular formula is C34H50N3O23S4-3. The van der Waals surface area contributed by atoms with Crippen molar-refractivity contribution >= 4 is 71.5 Å². The zero-order valence-electron chi connectivity index (χ0n) is 33.6. The van der Waals surface area contributed by atoms with Crippen LogP contribution in [0.5, 0.6) is 0 Å². The van der Waals surface area contributed by atoms with Gasteiger partial charge in [-0.1, -0.05) is 34.1 Å². The average Bonchev–Trinajstić information content (AvgIpc) is 3.73. The van der Waals surface area contributed by atoms with Crippen molar-refractivity contribution in [1.82, 2.24) is 5.32 Å². The largest absolute Gasteiger partial charge is 0.726 e. The minimum Gasteiger partial charge on any atom is -0.726 e. The predicted octanol–water partition coefficient (Wildman–Crippen LogP) is -5.29. The Balaban J connectivity index is 1.41. The first kappa shape index (κ1) is 54.0. The zero-order valence-corrected chi connectivity index (χ0v) is 36.9. The third-order valence-electron chi connectivity index (χ3n) is 9.85. The van der Waals surface area contributed by atoms with Gasteiger partial charge in [0.15, 0.2) is 12.6 Å². The van der Waals surface area contributed by atoms with E-state index in [0.29, 0.717) is 23.0 Å². The van der Waals surface area contributed by atoms with Gasteiger partial charge in [0, 0.05) is 42.3 Å². The van der Waals surface area contributed by atoms with E-state index in [-0.39, 0.29) is 5.91 Å². The molecule has 1 aromatic rings. The first-order valence-corrected chi connectivity index (χ1v) is 24.5. The van der Waals surface area contributed by atoms with E-state index in [9.17, 15) is 81.2 Å². The number of carbonyl (C=O) groups excluding carboxylic acids is 3. The van der Waals surface area contributed by atoms with Crippen molar-refractivity contribution in [3.63, 3.8) is 0 Å². The molecule has 0 radical (unpaired) electrons. The van der Waals surface area contributed by atoms with Gasteiger partial charge in [-0.2, -0.15) is 0 Å². The van der Waals surface area contributed by atoms with Gasteiger partial charge in [-0.05, 0) is 37.5 Å². The van der Waals surface area contributed by atoms with Crippen LogP contribution in [0.1, 0.15) is 39.0 Å². The number of aliphatic carboxylic acids is 1. The quantitative estimate of drug-likeness (QED) is 0.0200. The summed E-state index contributed by atoms with van der Waals surface area (Å²) in [4.78, 5) is 36.5. The number of nitrogens with one attached hydrogen (secondary N) is 3. The Labute approximate surface area is 374 Å². The lowest BCUT2D eigenvalue weighted by Gasteiger charge is -2.48. The highest BCUT2D eigenvalue weighted by Gasteiger charge is 2.53. The van der Waals surface area contributed by atoms with Gasteiger partial charge in [-0.3, -0.25) is 18.0 Å². The van der Waals surface area contributed by atoms with Crippen molar-refractivity contribution in [3.8, 4) is 0 Å². The smallest absolute Gasteiger partial charge is 0.224 e. The summed E-state index contributed by atoms with van der Waals surface area (Å²) < 4.78 is 97.6. The highest BCUT2D eigenvalue weighted by molar-refractivity contribution is 8.77. The molecule has 0 spiro atoms. The number of hydrogen-bond donors (Lipinski definition) is 10. The van der Waals surface area contributed by atoms with Crippen LogP contribution in [0.2, 0.25) is 0 Å². The van der Waals surface area contributed by atoms with Crippen LogP contribution in [-0.4, -0.2) is 196 Å². The highest BCUT2D eigenvalue weighted by atomic mass is 33.1. The maximum Gasteiger partial charge on any atom is 0.224 e. The second-order valence-corrected chi connectivity index (χ2v) is 19.6. The van der Waals surface area contributed by atoms with Crippen LogP contribution < -0.4 is 21.1 Å². The fourth-order valence-corrected chi connectivity index (χ4v) is 10.5. The summed E-state index contributed by atoms with van der Waals surface area (Å²) in [6.45, 7) is -1.87. The van der Waals surface area contributed by atoms with Crippen LogP contribution in [-0.2, 0) is 62.5 Å². The summed E-state index contributed by atoms with van der Waals surface area (Å²) in [5.41, 5.74) is 0.845. The van der Waals surface area contributed by atoms with Crippen molar-refractivity contribution in [2.75, 3.05) is 36.1 Å². The van der Waals surface area contributed by atoms with E-state index in [2.05, 4.69) is 24.3 Å². The number of carbonyl (C=O) groups is 3. The molecule has 10 N–H and O–H groups in total. The molecule has 1 aromatic carbocycles. The van der Waals surface area contributed by atoms with Crippen LogP contribution in [0, 0.1) is 0 Å². The van der Waals surface area contributed by atoms with Crippen LogP contribution in [0.25, 0.3) is 0 Å². The van der Waals surface area contributed by atoms with E-state index < -0.39 is 138 Å². The third kappa shape index (κ3) is 16.6. The van der Waals surface area contributed by atoms with Crippen LogP contribution >= 0.6 is 21.6 Å². The lowest BCUT2D eigenvalue weighted by atomic mass is 9.95. The number of carboxylic acid groups (broad SMARTS) is 1. The molecule has 64 heavy (non-hydrogen) atoms. The molecule has 3 heterocycles. The summed E-state index contributed by atoms with van der Waals surface area (Å²) >= 11 is 0. The first-order chi connectivity index (χ1) is 29.9. The second kappa shape index (κ2) is 24.5. The molecule has 3 aliphatic heterocycles. The maximum atomic E-state index is 12.5. The number of unbranched alkanes of at least 4 members (excludes halogenated alkanes) is 1. The molecule has 26 nitrogen and oxygen atoms in total. The lowest BCUT2D eigenvalue weighted by molar-refractivity contribution is -0.363. The highest BCUT2D eigenvalue weighted by Crippen LogP contribution is 2.40. The normalized spacial score (nSPS) is 30.8. The van der Waals surface area contributed by atoms with Crippen molar-refractivity contribution in [2.45, 2.75) is 130 Å². The van der Waals surface area contributed by atoms with Gasteiger partial charge in [0.1, 0.15) is 67.1 Å². The van der Waals surface area contributed by atoms with Gasteiger partial charge < -0.3 is 89.7 Å². The first-order valence-electron chi connectivity index (χ1n) is 19.4. The Morgan fingerprint density at radius 3 is 2.22 bits per heavy atom. The summed E-state index contributed by atoms with van der Waals surface area (Å²) in [5.74, 6) is -2.25. The summed E-state index contributed by atoms with van der Waals surface area (Å²) in [6.07, 6.45) is -25.3. The molecule has 3 saturated heterocycles. The Morgan fingerprint density at radius 2 is 1.59 bits per heavy atom. The molecule has 366 valence electrons. The topological polar surface area (TPSA) is 422 Å². The van der Waals surface area contributed by atoms with Gasteiger partial charge >= 0.3 is 0 Å². The fraction of sp³-hybridized carbons (Fsp3) is 0.735. The summed E-state index contributed by atoms with van der Waals surface area (Å²) in [5, 5.41) is 95.3. The standard InChI is InChI=1S/C34H53N3O23S4/c1-15(38)36-23-29(58-34-28(46)30(60-64(52,53)54)27(45)31(59-34)32(47)48)26(44)21(14-56-63(49,50)51)57-33(23)55-13-20(40)25(43)24(42)19(39)12-35-16-5-4-6-17(11-16)37-22(41)8-3-2-7-18-9-10-61-62-18/h4-6,11,18-21,23-31,33-35,39-40,42-46H,2-3,7-10,12-14H2,1H3,(H,36,38)(H,37,41)(H,47,48)(H,49,50,51)(H,52,53,54)/p-3/t18?,19-,20+,21+,23+,24+,25+,26-,27-,28+,29+,30-,31-,33-,34+/m0/s1. The number of ether oxygens (including phenoxy) is 4. The monoisotopic (exact) mass is 996 g/mol. The number of carboxylic acids is 1. The van der Waals surface area contributed by atoms with Gasteiger partial charge in [0.2, 0.25) is 32.6 Å². The number of aliphatic hydroxyl groups excluding tert-OH is 7. The number of benzene rings is 1. The van der Waals surface area contributed by atoms with Crippen molar-refractivity contribution in [2.24, 2.45) is 0 Å². The molecule has 2 amide bonds. The minimum atomic E-state index is -5.77. The van der Waals surface area contributed by atoms with Crippen molar-refractivity contribution in [1.29, 1.82) is 0 Å². The van der Waals surface area contributed by atoms with Crippen LogP contribution in [0.4, 0.5) is 11.4 Å². The predicted molar refractivity (Wildman–Crippen MR) is 214 cm³/mol. The van der Waals surface area contributed by atoms with E-state index in [4.69, 9.17) is 18.9 Å². The van der Waals surface area contributed by atoms with Gasteiger partial charge in [0.25, 0.3) is 0 Å². The van der Waals surface area contributed by atoms with Crippen molar-refractivity contribution in [3.05, 3.63) is 24.3 Å². The van der Waals surface area contributed by atoms with E-state index in [1.54, 1.807) is 24.3 Å². The Morgan fingerprint density at radius 1 is 0.906 bits per heavy atom. The van der Waals surface area contributed by atoms with Gasteiger partial charge in [0.05, 0.1) is 25.3 Å². The van der Waals surface area contributed by atoms with Crippen molar-refractivity contribution < 1.29 is 108 Å². The molecule has 3 aliphatic rings. The van der Waals surface area contributed by atoms with Gasteiger partial charge in [-0.15, -0.1) is 0 Å². The summed E-state index contributed by atoms with van der Waals surface area (Å²) in [6, 6.07) is 4.53. The van der Waals surface area contributed by atoms with E-state index in [0.717, 1.165) is 38.4 Å². The number of anilines is 2. The molecule has 0 aliphatic carbocycles. The molecule has 30 heteroatoms. The number of aliphatic hydroxyl groups is 7. The molecule has 15 atom stereocenters. The van der Waals surface area contributed by atoms with Crippen LogP contribution in [0.3, 0.4) is 0 Å². The molecule has 4 rings (SSSR count). The molecule has 0 aromatic heterocycles. The molecular weight excluding hydrogens is 947 g/mol. The Hall–Kier alpha value is -2.57. The fourth-order valence-electron chi connectivity index (χ4n) is 6.69. The average molecular weight is 997 g/mol. The minimum absolute atomic E-state index is 0.190. The lowest BCUT2D eigenvalue weighted by Crippen LogP contribution is -2.69.